The van der Waals surface area contributed by atoms with Gasteiger partial charge in [0, 0.05) is 0 Å². The van der Waals surface area contributed by atoms with Crippen molar-refractivity contribution >= 4 is 0 Å². The molecule has 0 aliphatic carbocycles. The summed E-state index contributed by atoms with van der Waals surface area (Å²) in [6.45, 7) is 3.02. The van der Waals surface area contributed by atoms with E-state index in [0.717, 1.165) is 6.61 Å². The van der Waals surface area contributed by atoms with E-state index in [0.29, 0.717) is 6.42 Å². The average molecular weight is 72.1 g/mol. The van der Waals surface area contributed by atoms with E-state index in [-0.39, 0.29) is 0 Å². The Bertz CT molecular complexity index is 11.1. The summed E-state index contributed by atoms with van der Waals surface area (Å²) < 4.78 is 0. The van der Waals surface area contributed by atoms with Gasteiger partial charge < -0.3 is 5.11 Å². The van der Waals surface area contributed by atoms with Crippen molar-refractivity contribution in [2.75, 3.05) is 0 Å². The molecule has 0 heterocycles. The van der Waals surface area contributed by atoms with Gasteiger partial charge in [0.25, 0.3) is 0 Å². The Kier molecular flexibility index (Phi) is 3.93. The van der Waals surface area contributed by atoms with Crippen molar-refractivity contribution < 1.29 is 5.11 Å². The van der Waals surface area contributed by atoms with Crippen LogP contribution in [0.25, 0.3) is 0 Å². The Morgan fingerprint density at radius 2 is 2.40 bits per heavy atom. The maximum Gasteiger partial charge on any atom is 0.0801 e. The van der Waals surface area contributed by atoms with E-state index in [2.05, 4.69) is 0 Å². The van der Waals surface area contributed by atoms with Gasteiger partial charge in [-0.1, -0.05) is 6.92 Å². The highest BCUT2D eigenvalue weighted by Gasteiger charge is 1.70. The smallest absolute Gasteiger partial charge is 0.0801 e. The molecule has 0 fully saturated rings. The number of rotatable bonds is 2. The van der Waals surface area contributed by atoms with E-state index in [1.165, 1.54) is 0 Å². The molecule has 0 saturated carbocycles. The Balaban J connectivity index is 2.19. The molecule has 1 N–H and O–H groups in total. The Labute approximate surface area is 32.6 Å². The van der Waals surface area contributed by atoms with E-state index in [9.17, 15) is 0 Å². The summed E-state index contributed by atoms with van der Waals surface area (Å²) in [5.74, 6) is 0. The minimum Gasteiger partial charge on any atom is -0.390 e. The van der Waals surface area contributed by atoms with Crippen LogP contribution in [0, 0.1) is 13.0 Å². The average Bonchev–Trinajstić information content (AvgIpc) is 1.41. The lowest BCUT2D eigenvalue weighted by Crippen LogP contribution is -1.67. The summed E-state index contributed by atoms with van der Waals surface area (Å²) in [5.41, 5.74) is 0. The molecular weight excluding hydrogens is 64.0 g/mol. The first-order chi connectivity index (χ1) is 2.41. The quantitative estimate of drug-likeness (QED) is 0.518. The molecule has 0 aromatic carbocycles. The van der Waals surface area contributed by atoms with Crippen LogP contribution in [0.2, 0.25) is 0 Å². The lowest BCUT2D eigenvalue weighted by atomic mass is 10.4. The molecule has 0 unspecified atom stereocenters. The number of unbranched alkanes of at least 4 members (excludes halogenated alkanes) is 1. The Morgan fingerprint density at radius 1 is 1.80 bits per heavy atom. The van der Waals surface area contributed by atoms with Gasteiger partial charge in [-0.3, -0.25) is 0 Å². The summed E-state index contributed by atoms with van der Waals surface area (Å²) >= 11 is 0. The van der Waals surface area contributed by atoms with Crippen LogP contribution in [0.1, 0.15) is 13.3 Å². The maximum atomic E-state index is 7.91. The van der Waals surface area contributed by atoms with Crippen molar-refractivity contribution in [1.29, 1.82) is 0 Å². The van der Waals surface area contributed by atoms with Crippen LogP contribution in [-0.2, 0) is 0 Å². The molecule has 30 valence electrons. The van der Waals surface area contributed by atoms with Gasteiger partial charge in [-0.15, -0.1) is 0 Å². The molecule has 1 nitrogen and oxygen atoms in total. The first-order valence-corrected chi connectivity index (χ1v) is 1.65. The standard InChI is InChI=1S/C4H8O/c1-2-3-4-5/h2,4-5H,3H2,1H3. The van der Waals surface area contributed by atoms with Crippen LogP contribution in [0.5, 0.6) is 0 Å². The Morgan fingerprint density at radius 3 is 2.40 bits per heavy atom. The predicted molar refractivity (Wildman–Crippen MR) is 20.8 cm³/mol. The van der Waals surface area contributed by atoms with Crippen LogP contribution in [-0.4, -0.2) is 5.11 Å². The fourth-order valence-corrected chi connectivity index (χ4v) is 0.105. The second-order valence-corrected chi connectivity index (χ2v) is 0.827. The zero-order chi connectivity index (χ0) is 4.12. The van der Waals surface area contributed by atoms with Crippen LogP contribution < -0.4 is 0 Å². The van der Waals surface area contributed by atoms with Crippen molar-refractivity contribution in [3.05, 3.63) is 13.0 Å². The molecule has 0 aromatic heterocycles. The first-order valence-electron chi connectivity index (χ1n) is 1.65. The van der Waals surface area contributed by atoms with Crippen LogP contribution >= 0.6 is 0 Å². The van der Waals surface area contributed by atoms with Gasteiger partial charge in [-0.2, -0.15) is 0 Å². The molecule has 2 radical (unpaired) electrons. The molecule has 0 amide bonds. The summed E-state index contributed by atoms with van der Waals surface area (Å²) in [7, 11) is 0. The van der Waals surface area contributed by atoms with E-state index < -0.39 is 0 Å². The monoisotopic (exact) mass is 72.1 g/mol. The van der Waals surface area contributed by atoms with Crippen LogP contribution in [0.15, 0.2) is 0 Å². The summed E-state index contributed by atoms with van der Waals surface area (Å²) in [4.78, 5) is 0. The number of hydrogen-bond acceptors (Lipinski definition) is 1. The molecule has 0 bridgehead atoms. The van der Waals surface area contributed by atoms with Gasteiger partial charge in [-0.05, 0) is 12.8 Å². The zero-order valence-electron chi connectivity index (χ0n) is 3.31. The van der Waals surface area contributed by atoms with E-state index in [1.54, 1.807) is 0 Å². The predicted octanol–water partition coefficient (Wildman–Crippen LogP) is 1.13. The number of aliphatic hydroxyl groups is 1. The normalized spacial score (nSPS) is 8.40. The SMILES string of the molecule is C[CH]C[CH]O. The second kappa shape index (κ2) is 3.96. The lowest BCUT2D eigenvalue weighted by molar-refractivity contribution is 0.384. The first kappa shape index (κ1) is 4.96. The molecule has 0 aliphatic rings. The van der Waals surface area contributed by atoms with Crippen molar-refractivity contribution in [3.8, 4) is 0 Å². The minimum atomic E-state index is 0.694. The van der Waals surface area contributed by atoms with Crippen molar-refractivity contribution in [2.45, 2.75) is 13.3 Å². The third-order valence-corrected chi connectivity index (χ3v) is 0.341. The van der Waals surface area contributed by atoms with E-state index in [4.69, 9.17) is 5.11 Å². The summed E-state index contributed by atoms with van der Waals surface area (Å²) in [6.07, 6.45) is 2.57. The van der Waals surface area contributed by atoms with Gasteiger partial charge in [0.05, 0.1) is 6.61 Å². The fourth-order valence-electron chi connectivity index (χ4n) is 0.105. The largest absolute Gasteiger partial charge is 0.390 e. The third-order valence-electron chi connectivity index (χ3n) is 0.341. The van der Waals surface area contributed by atoms with E-state index >= 15 is 0 Å². The van der Waals surface area contributed by atoms with Gasteiger partial charge in [0.2, 0.25) is 0 Å². The highest BCUT2D eigenvalue weighted by atomic mass is 16.2. The molecule has 0 aromatic rings. The lowest BCUT2D eigenvalue weighted by Gasteiger charge is -1.77. The molecule has 0 aliphatic heterocycles. The molecule has 1 heteroatoms. The van der Waals surface area contributed by atoms with Crippen LogP contribution in [0.3, 0.4) is 0 Å². The number of hydrogen-bond donors (Lipinski definition) is 1. The summed E-state index contributed by atoms with van der Waals surface area (Å²) in [5, 5.41) is 7.91. The fraction of sp³-hybridized carbons (Fsp3) is 0.500. The topological polar surface area (TPSA) is 20.2 Å². The second-order valence-electron chi connectivity index (χ2n) is 0.827. The molecule has 0 saturated heterocycles. The minimum absolute atomic E-state index is 0.694. The van der Waals surface area contributed by atoms with Crippen LogP contribution in [0.4, 0.5) is 0 Å². The number of aliphatic hydroxyl groups excluding tert-OH is 1. The van der Waals surface area contributed by atoms with Gasteiger partial charge in [0.1, 0.15) is 0 Å². The highest BCUT2D eigenvalue weighted by molar-refractivity contribution is 4.59. The Hall–Kier alpha value is -0.0400. The van der Waals surface area contributed by atoms with Gasteiger partial charge in [0.15, 0.2) is 0 Å². The molecule has 0 spiro atoms. The van der Waals surface area contributed by atoms with Crippen molar-refractivity contribution in [3.63, 3.8) is 0 Å². The summed E-state index contributed by atoms with van der Waals surface area (Å²) in [6, 6.07) is 0. The van der Waals surface area contributed by atoms with E-state index in [1.807, 2.05) is 13.3 Å². The highest BCUT2D eigenvalue weighted by Crippen LogP contribution is 1.82. The van der Waals surface area contributed by atoms with Crippen molar-refractivity contribution in [2.24, 2.45) is 0 Å². The van der Waals surface area contributed by atoms with Crippen molar-refractivity contribution in [1.82, 2.24) is 0 Å². The maximum absolute atomic E-state index is 7.91. The zero-order valence-corrected chi connectivity index (χ0v) is 3.31. The third kappa shape index (κ3) is 3.96. The molecular formula is C4H8O. The van der Waals surface area contributed by atoms with Gasteiger partial charge in [-0.25, -0.2) is 0 Å². The molecule has 0 rings (SSSR count). The molecule has 0 atom stereocenters. The molecule has 5 heavy (non-hydrogen) atoms. The van der Waals surface area contributed by atoms with Gasteiger partial charge >= 0.3 is 0 Å².